The summed E-state index contributed by atoms with van der Waals surface area (Å²) in [5, 5.41) is 11.0. The highest BCUT2D eigenvalue weighted by Crippen LogP contribution is 2.37. The maximum atomic E-state index is 12.8. The van der Waals surface area contributed by atoms with Gasteiger partial charge in [0.25, 0.3) is 0 Å². The number of alkyl halides is 3. The maximum Gasteiger partial charge on any atom is 0.418 e. The number of anilines is 2. The molecule has 0 aliphatic heterocycles. The fourth-order valence-electron chi connectivity index (χ4n) is 1.55. The average Bonchev–Trinajstić information content (AvgIpc) is 2.60. The predicted molar refractivity (Wildman–Crippen MR) is 67.7 cm³/mol. The van der Waals surface area contributed by atoms with Gasteiger partial charge in [-0.25, -0.2) is 4.68 Å². The van der Waals surface area contributed by atoms with E-state index in [1.165, 1.54) is 29.9 Å². The van der Waals surface area contributed by atoms with E-state index in [0.717, 1.165) is 6.07 Å². The molecule has 2 aromatic rings. The number of aromatic nitrogens is 2. The zero-order valence-corrected chi connectivity index (χ0v) is 10.4. The van der Waals surface area contributed by atoms with Gasteiger partial charge in [0.1, 0.15) is 0 Å². The van der Waals surface area contributed by atoms with Gasteiger partial charge in [-0.2, -0.15) is 18.3 Å². The molecule has 1 heterocycles. The molecular formula is C11H11F3N6. The largest absolute Gasteiger partial charge is 0.418 e. The number of aryl methyl sites for hydroxylation is 1. The van der Waals surface area contributed by atoms with Crippen LogP contribution in [-0.4, -0.2) is 9.78 Å². The summed E-state index contributed by atoms with van der Waals surface area (Å²) in [5.41, 5.74) is 10.0. The van der Waals surface area contributed by atoms with Gasteiger partial charge in [0.05, 0.1) is 11.3 Å². The second-order valence-electron chi connectivity index (χ2n) is 3.96. The van der Waals surface area contributed by atoms with Crippen LogP contribution in [0, 0.1) is 0 Å². The minimum Gasteiger partial charge on any atom is -0.382 e. The highest BCUT2D eigenvalue weighted by atomic mass is 19.4. The van der Waals surface area contributed by atoms with Gasteiger partial charge in [-0.15, -0.1) is 10.2 Å². The van der Waals surface area contributed by atoms with Crippen LogP contribution in [0.1, 0.15) is 5.56 Å². The molecule has 0 amide bonds. The zero-order chi connectivity index (χ0) is 14.9. The minimum atomic E-state index is -4.51. The fraction of sp³-hybridized carbons (Fsp3) is 0.182. The summed E-state index contributed by atoms with van der Waals surface area (Å²) >= 11 is 0. The molecule has 4 N–H and O–H groups in total. The smallest absolute Gasteiger partial charge is 0.382 e. The topological polar surface area (TPSA) is 94.6 Å². The number of hydrogen-bond donors (Lipinski definition) is 2. The van der Waals surface area contributed by atoms with Crippen molar-refractivity contribution >= 4 is 23.0 Å². The van der Waals surface area contributed by atoms with Crippen molar-refractivity contribution in [2.24, 2.45) is 17.3 Å². The van der Waals surface area contributed by atoms with Gasteiger partial charge < -0.3 is 11.5 Å². The van der Waals surface area contributed by atoms with Gasteiger partial charge in [0, 0.05) is 7.05 Å². The van der Waals surface area contributed by atoms with Crippen LogP contribution in [0.2, 0.25) is 0 Å². The van der Waals surface area contributed by atoms with E-state index in [0.29, 0.717) is 0 Å². The van der Waals surface area contributed by atoms with Crippen LogP contribution in [0.25, 0.3) is 0 Å². The Balaban J connectivity index is 2.42. The van der Waals surface area contributed by atoms with Crippen LogP contribution < -0.4 is 11.5 Å². The van der Waals surface area contributed by atoms with Crippen LogP contribution >= 0.6 is 0 Å². The second kappa shape index (κ2) is 4.83. The molecule has 0 bridgehead atoms. The second-order valence-corrected chi connectivity index (χ2v) is 3.96. The molecule has 0 atom stereocenters. The number of benzene rings is 1. The van der Waals surface area contributed by atoms with Gasteiger partial charge in [0.2, 0.25) is 0 Å². The first-order chi connectivity index (χ1) is 9.30. The van der Waals surface area contributed by atoms with E-state index >= 15 is 0 Å². The van der Waals surface area contributed by atoms with Crippen LogP contribution in [0.15, 0.2) is 34.5 Å². The Bertz CT molecular complexity index is 659. The number of nitrogen functional groups attached to an aromatic ring is 2. The lowest BCUT2D eigenvalue weighted by molar-refractivity contribution is -0.137. The molecule has 1 aromatic carbocycles. The highest BCUT2D eigenvalue weighted by molar-refractivity contribution is 5.71. The molecule has 0 unspecified atom stereocenters. The summed E-state index contributed by atoms with van der Waals surface area (Å²) in [6, 6.07) is 4.83. The molecule has 6 nitrogen and oxygen atoms in total. The Morgan fingerprint density at radius 2 is 1.80 bits per heavy atom. The Hall–Kier alpha value is -2.58. The molecular weight excluding hydrogens is 273 g/mol. The third-order valence-electron chi connectivity index (χ3n) is 2.56. The first-order valence-corrected chi connectivity index (χ1v) is 5.46. The summed E-state index contributed by atoms with van der Waals surface area (Å²) in [6.45, 7) is 0. The van der Waals surface area contributed by atoms with E-state index < -0.39 is 11.7 Å². The summed E-state index contributed by atoms with van der Waals surface area (Å²) < 4.78 is 39.6. The van der Waals surface area contributed by atoms with Crippen LogP contribution in [0.5, 0.6) is 0 Å². The van der Waals surface area contributed by atoms with Gasteiger partial charge in [-0.1, -0.05) is 12.1 Å². The zero-order valence-electron chi connectivity index (χ0n) is 10.4. The quantitative estimate of drug-likeness (QED) is 0.830. The first-order valence-electron chi connectivity index (χ1n) is 5.46. The van der Waals surface area contributed by atoms with Gasteiger partial charge >= 0.3 is 6.18 Å². The standard InChI is InChI=1S/C11H11F3N6/c1-20-10(16)8(9(15)19-20)18-17-7-5-3-2-4-6(7)11(12,13)14/h2-5H,16H2,1H3,(H2,15,19). The van der Waals surface area contributed by atoms with Crippen molar-refractivity contribution in [2.45, 2.75) is 6.18 Å². The van der Waals surface area contributed by atoms with E-state index in [1.54, 1.807) is 0 Å². The third-order valence-corrected chi connectivity index (χ3v) is 2.56. The Morgan fingerprint density at radius 1 is 1.15 bits per heavy atom. The van der Waals surface area contributed by atoms with Crippen molar-refractivity contribution < 1.29 is 13.2 Å². The van der Waals surface area contributed by atoms with E-state index in [4.69, 9.17) is 11.5 Å². The number of halogens is 3. The lowest BCUT2D eigenvalue weighted by Crippen LogP contribution is -2.04. The van der Waals surface area contributed by atoms with Crippen LogP contribution in [-0.2, 0) is 13.2 Å². The molecule has 20 heavy (non-hydrogen) atoms. The Labute approximate surface area is 111 Å². The molecule has 106 valence electrons. The fourth-order valence-corrected chi connectivity index (χ4v) is 1.55. The molecule has 0 fully saturated rings. The Morgan fingerprint density at radius 3 is 2.35 bits per heavy atom. The molecule has 0 aliphatic carbocycles. The van der Waals surface area contributed by atoms with Crippen molar-refractivity contribution in [3.63, 3.8) is 0 Å². The van der Waals surface area contributed by atoms with Crippen LogP contribution in [0.3, 0.4) is 0 Å². The monoisotopic (exact) mass is 284 g/mol. The van der Waals surface area contributed by atoms with E-state index in [-0.39, 0.29) is 23.0 Å². The lowest BCUT2D eigenvalue weighted by atomic mass is 10.2. The maximum absolute atomic E-state index is 12.8. The minimum absolute atomic E-state index is 0.00163. The molecule has 0 spiro atoms. The predicted octanol–water partition coefficient (Wildman–Crippen LogP) is 3.02. The Kier molecular flexibility index (Phi) is 3.35. The molecule has 0 aliphatic rings. The average molecular weight is 284 g/mol. The first kappa shape index (κ1) is 13.8. The molecule has 9 heteroatoms. The third kappa shape index (κ3) is 2.56. The van der Waals surface area contributed by atoms with Gasteiger partial charge in [-0.05, 0) is 12.1 Å². The number of rotatable bonds is 2. The summed E-state index contributed by atoms with van der Waals surface area (Å²) in [7, 11) is 1.54. The van der Waals surface area contributed by atoms with Gasteiger partial charge in [-0.3, -0.25) is 0 Å². The lowest BCUT2D eigenvalue weighted by Gasteiger charge is -2.08. The normalized spacial score (nSPS) is 12.2. The van der Waals surface area contributed by atoms with Crippen molar-refractivity contribution in [1.29, 1.82) is 0 Å². The van der Waals surface area contributed by atoms with Crippen molar-refractivity contribution in [3.05, 3.63) is 29.8 Å². The summed E-state index contributed by atoms with van der Waals surface area (Å²) in [4.78, 5) is 0. The van der Waals surface area contributed by atoms with E-state index in [9.17, 15) is 13.2 Å². The number of azo groups is 1. The van der Waals surface area contributed by atoms with Crippen molar-refractivity contribution in [1.82, 2.24) is 9.78 Å². The molecule has 1 aromatic heterocycles. The SMILES string of the molecule is Cn1nc(N)c(N=Nc2ccccc2C(F)(F)F)c1N. The van der Waals surface area contributed by atoms with E-state index in [1.807, 2.05) is 0 Å². The molecule has 2 rings (SSSR count). The van der Waals surface area contributed by atoms with Crippen LogP contribution in [0.4, 0.5) is 36.2 Å². The number of nitrogens with two attached hydrogens (primary N) is 2. The molecule has 0 saturated heterocycles. The van der Waals surface area contributed by atoms with Crippen molar-refractivity contribution in [3.8, 4) is 0 Å². The molecule has 0 radical (unpaired) electrons. The number of nitrogens with zero attached hydrogens (tertiary/aromatic N) is 4. The molecule has 0 saturated carbocycles. The van der Waals surface area contributed by atoms with Gasteiger partial charge in [0.15, 0.2) is 17.3 Å². The van der Waals surface area contributed by atoms with Crippen molar-refractivity contribution in [2.75, 3.05) is 11.5 Å². The highest BCUT2D eigenvalue weighted by Gasteiger charge is 2.33. The summed E-state index contributed by atoms with van der Waals surface area (Å²) in [5.74, 6) is 0.119. The van der Waals surface area contributed by atoms with E-state index in [2.05, 4.69) is 15.3 Å². The summed E-state index contributed by atoms with van der Waals surface area (Å²) in [6.07, 6.45) is -4.51. The number of hydrogen-bond acceptors (Lipinski definition) is 5.